The summed E-state index contributed by atoms with van der Waals surface area (Å²) in [6.45, 7) is 3.31. The maximum Gasteiger partial charge on any atom is 0.154 e. The van der Waals surface area contributed by atoms with E-state index in [0.717, 1.165) is 13.0 Å². The highest BCUT2D eigenvalue weighted by Crippen LogP contribution is 1.91. The van der Waals surface area contributed by atoms with Gasteiger partial charge in [0.15, 0.2) is 6.29 Å². The summed E-state index contributed by atoms with van der Waals surface area (Å²) in [5.41, 5.74) is 0. The molecule has 0 aliphatic carbocycles. The molecule has 0 aromatic rings. The van der Waals surface area contributed by atoms with Crippen LogP contribution < -0.4 is 0 Å². The third-order valence-electron chi connectivity index (χ3n) is 1.18. The zero-order chi connectivity index (χ0) is 7.82. The van der Waals surface area contributed by atoms with Crippen LogP contribution in [-0.4, -0.2) is 33.7 Å². The van der Waals surface area contributed by atoms with Gasteiger partial charge in [0, 0.05) is 20.8 Å². The lowest BCUT2D eigenvalue weighted by Gasteiger charge is -2.09. The normalized spacial score (nSPS) is 13.5. The second kappa shape index (κ2) is 6.99. The molecule has 0 saturated carbocycles. The summed E-state index contributed by atoms with van der Waals surface area (Å²) in [4.78, 5) is 0. The summed E-state index contributed by atoms with van der Waals surface area (Å²) >= 11 is 0. The molecule has 0 bridgehead atoms. The molecular weight excluding hydrogens is 132 g/mol. The van der Waals surface area contributed by atoms with Crippen molar-refractivity contribution in [2.45, 2.75) is 19.6 Å². The maximum atomic E-state index is 5.19. The van der Waals surface area contributed by atoms with Crippen molar-refractivity contribution >= 4 is 0 Å². The Hall–Kier alpha value is -0.120. The molecule has 0 aromatic carbocycles. The Bertz CT molecular complexity index is 65.9. The maximum absolute atomic E-state index is 5.19. The Kier molecular flexibility index (Phi) is 6.91. The van der Waals surface area contributed by atoms with Crippen LogP contribution in [0.25, 0.3) is 0 Å². The second-order valence-corrected chi connectivity index (χ2v) is 2.02. The van der Waals surface area contributed by atoms with E-state index in [2.05, 4.69) is 0 Å². The molecule has 1 unspecified atom stereocenters. The summed E-state index contributed by atoms with van der Waals surface area (Å²) in [5, 5.41) is 0. The van der Waals surface area contributed by atoms with Gasteiger partial charge in [-0.2, -0.15) is 0 Å². The van der Waals surface area contributed by atoms with Crippen LogP contribution in [-0.2, 0) is 14.2 Å². The van der Waals surface area contributed by atoms with E-state index in [1.165, 1.54) is 0 Å². The fourth-order valence-corrected chi connectivity index (χ4v) is 0.521. The van der Waals surface area contributed by atoms with Crippen LogP contribution in [0.3, 0.4) is 0 Å². The van der Waals surface area contributed by atoms with Crippen LogP contribution in [0, 0.1) is 0 Å². The van der Waals surface area contributed by atoms with Crippen LogP contribution in [0.5, 0.6) is 0 Å². The lowest BCUT2D eigenvalue weighted by atomic mass is 10.5. The Labute approximate surface area is 62.3 Å². The van der Waals surface area contributed by atoms with Gasteiger partial charge in [-0.15, -0.1) is 0 Å². The summed E-state index contributed by atoms with van der Waals surface area (Å²) in [6, 6.07) is 0. The van der Waals surface area contributed by atoms with Crippen molar-refractivity contribution in [3.63, 3.8) is 0 Å². The van der Waals surface area contributed by atoms with Gasteiger partial charge in [-0.1, -0.05) is 0 Å². The van der Waals surface area contributed by atoms with Gasteiger partial charge in [0.1, 0.15) is 0 Å². The number of hydrogen-bond acceptors (Lipinski definition) is 3. The zero-order valence-electron chi connectivity index (χ0n) is 6.92. The van der Waals surface area contributed by atoms with Gasteiger partial charge >= 0.3 is 0 Å². The molecule has 0 aliphatic rings. The summed E-state index contributed by atoms with van der Waals surface area (Å²) in [7, 11) is 3.31. The molecule has 3 nitrogen and oxygen atoms in total. The number of ether oxygens (including phenoxy) is 3. The number of methoxy groups -OCH3 is 2. The van der Waals surface area contributed by atoms with E-state index in [0.29, 0.717) is 6.61 Å². The van der Waals surface area contributed by atoms with E-state index < -0.39 is 0 Å². The highest BCUT2D eigenvalue weighted by Gasteiger charge is 1.96. The molecule has 0 saturated heterocycles. The minimum absolute atomic E-state index is 0.100. The summed E-state index contributed by atoms with van der Waals surface area (Å²) in [5.74, 6) is 0. The minimum Gasteiger partial charge on any atom is -0.385 e. The SMILES string of the molecule is COCCCOC(C)OC. The molecule has 10 heavy (non-hydrogen) atoms. The van der Waals surface area contributed by atoms with E-state index in [-0.39, 0.29) is 6.29 Å². The molecule has 3 heteroatoms. The third-order valence-corrected chi connectivity index (χ3v) is 1.18. The fraction of sp³-hybridized carbons (Fsp3) is 1.00. The second-order valence-electron chi connectivity index (χ2n) is 2.02. The smallest absolute Gasteiger partial charge is 0.154 e. The predicted octanol–water partition coefficient (Wildman–Crippen LogP) is 1.03. The van der Waals surface area contributed by atoms with E-state index in [4.69, 9.17) is 14.2 Å². The molecule has 0 aliphatic heterocycles. The Morgan fingerprint density at radius 1 is 1.20 bits per heavy atom. The Morgan fingerprint density at radius 2 is 1.90 bits per heavy atom. The lowest BCUT2D eigenvalue weighted by Crippen LogP contribution is -2.11. The Morgan fingerprint density at radius 3 is 2.40 bits per heavy atom. The molecular formula is C7H16O3. The monoisotopic (exact) mass is 148 g/mol. The molecule has 0 N–H and O–H groups in total. The fourth-order valence-electron chi connectivity index (χ4n) is 0.521. The van der Waals surface area contributed by atoms with Crippen molar-refractivity contribution in [3.8, 4) is 0 Å². The van der Waals surface area contributed by atoms with Crippen LogP contribution in [0.2, 0.25) is 0 Å². The first-order valence-electron chi connectivity index (χ1n) is 3.44. The minimum atomic E-state index is -0.100. The van der Waals surface area contributed by atoms with E-state index in [1.54, 1.807) is 14.2 Å². The van der Waals surface area contributed by atoms with Crippen LogP contribution >= 0.6 is 0 Å². The third kappa shape index (κ3) is 6.01. The molecule has 0 spiro atoms. The van der Waals surface area contributed by atoms with Gasteiger partial charge in [0.25, 0.3) is 0 Å². The Balaban J connectivity index is 2.89. The average molecular weight is 148 g/mol. The number of rotatable bonds is 6. The van der Waals surface area contributed by atoms with Gasteiger partial charge < -0.3 is 14.2 Å². The first-order valence-corrected chi connectivity index (χ1v) is 3.44. The average Bonchev–Trinajstić information content (AvgIpc) is 1.98. The molecule has 0 rings (SSSR count). The van der Waals surface area contributed by atoms with Crippen LogP contribution in [0.1, 0.15) is 13.3 Å². The molecule has 0 aromatic heterocycles. The summed E-state index contributed by atoms with van der Waals surface area (Å²) in [6.07, 6.45) is 0.821. The predicted molar refractivity (Wildman–Crippen MR) is 38.9 cm³/mol. The molecule has 1 atom stereocenters. The van der Waals surface area contributed by atoms with E-state index >= 15 is 0 Å². The van der Waals surface area contributed by atoms with E-state index in [9.17, 15) is 0 Å². The number of hydrogen-bond donors (Lipinski definition) is 0. The van der Waals surface area contributed by atoms with Crippen molar-refractivity contribution in [1.29, 1.82) is 0 Å². The largest absolute Gasteiger partial charge is 0.385 e. The van der Waals surface area contributed by atoms with Crippen molar-refractivity contribution in [1.82, 2.24) is 0 Å². The van der Waals surface area contributed by atoms with Gasteiger partial charge in [-0.25, -0.2) is 0 Å². The zero-order valence-corrected chi connectivity index (χ0v) is 6.92. The van der Waals surface area contributed by atoms with Crippen molar-refractivity contribution < 1.29 is 14.2 Å². The van der Waals surface area contributed by atoms with Gasteiger partial charge in [-0.3, -0.25) is 0 Å². The lowest BCUT2D eigenvalue weighted by molar-refractivity contribution is -0.113. The molecule has 62 valence electrons. The molecule has 0 fully saturated rings. The first kappa shape index (κ1) is 9.88. The standard InChI is InChI=1S/C7H16O3/c1-7(9-3)10-6-4-5-8-2/h7H,4-6H2,1-3H3. The summed E-state index contributed by atoms with van der Waals surface area (Å²) < 4.78 is 14.9. The van der Waals surface area contributed by atoms with Crippen molar-refractivity contribution in [3.05, 3.63) is 0 Å². The van der Waals surface area contributed by atoms with E-state index in [1.807, 2.05) is 6.92 Å². The van der Waals surface area contributed by atoms with Crippen LogP contribution in [0.4, 0.5) is 0 Å². The molecule has 0 radical (unpaired) electrons. The quantitative estimate of drug-likeness (QED) is 0.416. The van der Waals surface area contributed by atoms with Crippen molar-refractivity contribution in [2.75, 3.05) is 27.4 Å². The highest BCUT2D eigenvalue weighted by atomic mass is 16.7. The first-order chi connectivity index (χ1) is 4.81. The van der Waals surface area contributed by atoms with Gasteiger partial charge in [-0.05, 0) is 13.3 Å². The van der Waals surface area contributed by atoms with Crippen LogP contribution in [0.15, 0.2) is 0 Å². The topological polar surface area (TPSA) is 27.7 Å². The van der Waals surface area contributed by atoms with Gasteiger partial charge in [0.2, 0.25) is 0 Å². The van der Waals surface area contributed by atoms with Crippen molar-refractivity contribution in [2.24, 2.45) is 0 Å². The van der Waals surface area contributed by atoms with Gasteiger partial charge in [0.05, 0.1) is 6.61 Å². The highest BCUT2D eigenvalue weighted by molar-refractivity contribution is 4.34. The molecule has 0 amide bonds. The molecule has 0 heterocycles.